The molecule has 2 heterocycles. The first-order valence-electron chi connectivity index (χ1n) is 8.13. The smallest absolute Gasteiger partial charge is 0.414 e. The number of fused-ring (bicyclic) bond motifs is 1. The standard InChI is InChI=1S/C18H21N3O3/c1-3-21(18(22)23-4-2)15-5-6-17-16(10-15)13(7-8-24-17)9-14-11-19-12-20-14/h5-6,9-12H,3-4,7-8H2,1-2H3,(H,19,20)/b13-9+. The molecule has 0 spiro atoms. The van der Waals surface area contributed by atoms with Gasteiger partial charge in [-0.1, -0.05) is 0 Å². The number of hydrogen-bond donors (Lipinski definition) is 1. The van der Waals surface area contributed by atoms with Gasteiger partial charge in [-0.25, -0.2) is 9.78 Å². The van der Waals surface area contributed by atoms with E-state index in [1.54, 1.807) is 18.2 Å². The van der Waals surface area contributed by atoms with Gasteiger partial charge in [-0.05, 0) is 43.7 Å². The molecule has 0 bridgehead atoms. The fourth-order valence-corrected chi connectivity index (χ4v) is 2.77. The number of rotatable bonds is 4. The van der Waals surface area contributed by atoms with Crippen LogP contribution in [-0.4, -0.2) is 35.8 Å². The highest BCUT2D eigenvalue weighted by atomic mass is 16.6. The monoisotopic (exact) mass is 327 g/mol. The number of aromatic nitrogens is 2. The third kappa shape index (κ3) is 3.27. The van der Waals surface area contributed by atoms with Crippen LogP contribution in [0.15, 0.2) is 30.7 Å². The van der Waals surface area contributed by atoms with Crippen LogP contribution in [0.5, 0.6) is 5.75 Å². The van der Waals surface area contributed by atoms with Crippen LogP contribution in [0.4, 0.5) is 10.5 Å². The number of nitrogens with zero attached hydrogens (tertiary/aromatic N) is 2. The molecule has 0 atom stereocenters. The quantitative estimate of drug-likeness (QED) is 0.929. The zero-order valence-electron chi connectivity index (χ0n) is 13.9. The van der Waals surface area contributed by atoms with Crippen LogP contribution in [-0.2, 0) is 4.74 Å². The molecule has 1 amide bonds. The lowest BCUT2D eigenvalue weighted by Crippen LogP contribution is -2.31. The topological polar surface area (TPSA) is 67.5 Å². The summed E-state index contributed by atoms with van der Waals surface area (Å²) in [7, 11) is 0. The second-order valence-corrected chi connectivity index (χ2v) is 5.39. The second-order valence-electron chi connectivity index (χ2n) is 5.39. The fraction of sp³-hybridized carbons (Fsp3) is 0.333. The Morgan fingerprint density at radius 2 is 2.33 bits per heavy atom. The molecule has 1 N–H and O–H groups in total. The summed E-state index contributed by atoms with van der Waals surface area (Å²) in [6.07, 6.45) is 6.01. The number of aromatic amines is 1. The predicted octanol–water partition coefficient (Wildman–Crippen LogP) is 3.72. The van der Waals surface area contributed by atoms with Crippen molar-refractivity contribution in [3.05, 3.63) is 42.0 Å². The number of amides is 1. The van der Waals surface area contributed by atoms with Gasteiger partial charge in [0.25, 0.3) is 0 Å². The number of hydrogen-bond acceptors (Lipinski definition) is 4. The molecule has 0 saturated carbocycles. The minimum absolute atomic E-state index is 0.338. The molecule has 3 rings (SSSR count). The molecular formula is C18H21N3O3. The van der Waals surface area contributed by atoms with E-state index >= 15 is 0 Å². The second kappa shape index (κ2) is 7.21. The number of nitrogens with one attached hydrogen (secondary N) is 1. The van der Waals surface area contributed by atoms with E-state index in [9.17, 15) is 4.79 Å². The Balaban J connectivity index is 1.97. The Hall–Kier alpha value is -2.76. The lowest BCUT2D eigenvalue weighted by molar-refractivity contribution is 0.160. The average Bonchev–Trinajstić information content (AvgIpc) is 3.09. The van der Waals surface area contributed by atoms with Gasteiger partial charge < -0.3 is 14.5 Å². The molecule has 6 nitrogen and oxygen atoms in total. The summed E-state index contributed by atoms with van der Waals surface area (Å²) < 4.78 is 10.9. The van der Waals surface area contributed by atoms with Crippen molar-refractivity contribution >= 4 is 23.4 Å². The summed E-state index contributed by atoms with van der Waals surface area (Å²) in [6, 6.07) is 5.77. The number of anilines is 1. The first-order chi connectivity index (χ1) is 11.7. The molecule has 1 aromatic heterocycles. The van der Waals surface area contributed by atoms with Gasteiger partial charge in [0.1, 0.15) is 5.75 Å². The van der Waals surface area contributed by atoms with Gasteiger partial charge in [0.2, 0.25) is 0 Å². The van der Waals surface area contributed by atoms with E-state index in [2.05, 4.69) is 9.97 Å². The predicted molar refractivity (Wildman–Crippen MR) is 93.1 cm³/mol. The highest BCUT2D eigenvalue weighted by molar-refractivity contribution is 5.91. The summed E-state index contributed by atoms with van der Waals surface area (Å²) in [5.41, 5.74) is 3.81. The van der Waals surface area contributed by atoms with Crippen molar-refractivity contribution in [2.45, 2.75) is 20.3 Å². The SMILES string of the molecule is CCOC(=O)N(CC)c1ccc2c(c1)/C(=C/c1c[nH]cn1)CCO2. The molecule has 1 aliphatic heterocycles. The number of ether oxygens (including phenoxy) is 2. The van der Waals surface area contributed by atoms with Crippen molar-refractivity contribution in [1.82, 2.24) is 9.97 Å². The van der Waals surface area contributed by atoms with Gasteiger partial charge in [-0.3, -0.25) is 4.90 Å². The molecule has 0 radical (unpaired) electrons. The number of carbonyl (C=O) groups excluding carboxylic acids is 1. The normalized spacial score (nSPS) is 14.8. The molecule has 0 fully saturated rings. The van der Waals surface area contributed by atoms with E-state index in [1.165, 1.54) is 0 Å². The van der Waals surface area contributed by atoms with Crippen molar-refractivity contribution in [3.8, 4) is 5.75 Å². The molecule has 0 aliphatic carbocycles. The highest BCUT2D eigenvalue weighted by Gasteiger charge is 2.20. The van der Waals surface area contributed by atoms with Crippen molar-refractivity contribution in [3.63, 3.8) is 0 Å². The van der Waals surface area contributed by atoms with Crippen molar-refractivity contribution in [1.29, 1.82) is 0 Å². The van der Waals surface area contributed by atoms with Crippen LogP contribution < -0.4 is 9.64 Å². The molecule has 0 saturated heterocycles. The molecule has 1 aliphatic rings. The Morgan fingerprint density at radius 1 is 1.46 bits per heavy atom. The zero-order chi connectivity index (χ0) is 16.9. The Labute approximate surface area is 141 Å². The summed E-state index contributed by atoms with van der Waals surface area (Å²) in [5.74, 6) is 0.826. The number of carbonyl (C=O) groups is 1. The lowest BCUT2D eigenvalue weighted by atomic mass is 9.98. The minimum Gasteiger partial charge on any atom is -0.493 e. The van der Waals surface area contributed by atoms with E-state index < -0.39 is 0 Å². The van der Waals surface area contributed by atoms with Gasteiger partial charge in [0, 0.05) is 30.4 Å². The van der Waals surface area contributed by atoms with Crippen LogP contribution >= 0.6 is 0 Å². The number of imidazole rings is 1. The van der Waals surface area contributed by atoms with Crippen LogP contribution in [0.1, 0.15) is 31.5 Å². The molecule has 24 heavy (non-hydrogen) atoms. The first-order valence-corrected chi connectivity index (χ1v) is 8.13. The van der Waals surface area contributed by atoms with Gasteiger partial charge in [-0.15, -0.1) is 0 Å². The van der Waals surface area contributed by atoms with E-state index in [4.69, 9.17) is 9.47 Å². The Kier molecular flexibility index (Phi) is 4.84. The number of benzene rings is 1. The maximum atomic E-state index is 12.1. The minimum atomic E-state index is -0.338. The molecule has 0 unspecified atom stereocenters. The molecule has 6 heteroatoms. The van der Waals surface area contributed by atoms with Crippen LogP contribution in [0.2, 0.25) is 0 Å². The Bertz CT molecular complexity index is 738. The largest absolute Gasteiger partial charge is 0.493 e. The van der Waals surface area contributed by atoms with Crippen LogP contribution in [0.3, 0.4) is 0 Å². The third-order valence-electron chi connectivity index (χ3n) is 3.90. The molecule has 2 aromatic rings. The van der Waals surface area contributed by atoms with Crippen molar-refractivity contribution in [2.75, 3.05) is 24.7 Å². The van der Waals surface area contributed by atoms with Crippen LogP contribution in [0, 0.1) is 0 Å². The van der Waals surface area contributed by atoms with E-state index in [1.807, 2.05) is 37.4 Å². The first kappa shape index (κ1) is 16.1. The van der Waals surface area contributed by atoms with E-state index in [0.717, 1.165) is 34.7 Å². The summed E-state index contributed by atoms with van der Waals surface area (Å²) in [5, 5.41) is 0. The van der Waals surface area contributed by atoms with Gasteiger partial charge in [0.15, 0.2) is 0 Å². The maximum Gasteiger partial charge on any atom is 0.414 e. The molecule has 1 aromatic carbocycles. The van der Waals surface area contributed by atoms with Gasteiger partial charge in [-0.2, -0.15) is 0 Å². The van der Waals surface area contributed by atoms with Crippen molar-refractivity contribution in [2.24, 2.45) is 0 Å². The zero-order valence-corrected chi connectivity index (χ0v) is 13.9. The van der Waals surface area contributed by atoms with Crippen LogP contribution in [0.25, 0.3) is 11.6 Å². The van der Waals surface area contributed by atoms with Crippen molar-refractivity contribution < 1.29 is 14.3 Å². The summed E-state index contributed by atoms with van der Waals surface area (Å²) in [6.45, 7) is 5.26. The van der Waals surface area contributed by atoms with Gasteiger partial charge >= 0.3 is 6.09 Å². The third-order valence-corrected chi connectivity index (χ3v) is 3.90. The summed E-state index contributed by atoms with van der Waals surface area (Å²) in [4.78, 5) is 20.9. The highest BCUT2D eigenvalue weighted by Crippen LogP contribution is 2.36. The lowest BCUT2D eigenvalue weighted by Gasteiger charge is -2.25. The Morgan fingerprint density at radius 3 is 3.04 bits per heavy atom. The van der Waals surface area contributed by atoms with E-state index in [-0.39, 0.29) is 6.09 Å². The van der Waals surface area contributed by atoms with Gasteiger partial charge in [0.05, 0.1) is 25.2 Å². The maximum absolute atomic E-state index is 12.1. The fourth-order valence-electron chi connectivity index (χ4n) is 2.77. The average molecular weight is 327 g/mol. The molecular weight excluding hydrogens is 306 g/mol. The summed E-state index contributed by atoms with van der Waals surface area (Å²) >= 11 is 0. The molecule has 126 valence electrons. The number of H-pyrrole nitrogens is 1. The van der Waals surface area contributed by atoms with E-state index in [0.29, 0.717) is 19.8 Å².